The summed E-state index contributed by atoms with van der Waals surface area (Å²) >= 11 is 0. The summed E-state index contributed by atoms with van der Waals surface area (Å²) in [6.07, 6.45) is 0.815. The summed E-state index contributed by atoms with van der Waals surface area (Å²) in [5.41, 5.74) is 0.687. The number of rotatable bonds is 6. The van der Waals surface area contributed by atoms with Gasteiger partial charge in [0.1, 0.15) is 11.5 Å². The van der Waals surface area contributed by atoms with Crippen molar-refractivity contribution in [3.8, 4) is 11.5 Å². The average Bonchev–Trinajstić information content (AvgIpc) is 2.54. The van der Waals surface area contributed by atoms with Crippen LogP contribution >= 0.6 is 0 Å². The van der Waals surface area contributed by atoms with E-state index in [1.54, 1.807) is 0 Å². The van der Waals surface area contributed by atoms with Gasteiger partial charge in [0.05, 0.1) is 0 Å². The van der Waals surface area contributed by atoms with Crippen molar-refractivity contribution < 1.29 is 9.53 Å². The van der Waals surface area contributed by atoms with Gasteiger partial charge in [-0.25, -0.2) is 0 Å². The van der Waals surface area contributed by atoms with Crippen LogP contribution in [0.4, 0.5) is 0 Å². The van der Waals surface area contributed by atoms with Gasteiger partial charge in [0, 0.05) is 12.0 Å². The molecule has 2 aromatic rings. The predicted molar refractivity (Wildman–Crippen MR) is 88.9 cm³/mol. The highest BCUT2D eigenvalue weighted by molar-refractivity contribution is 5.81. The molecule has 0 spiro atoms. The first-order chi connectivity index (χ1) is 10.5. The Kier molecular flexibility index (Phi) is 5.21. The molecule has 0 aliphatic rings. The van der Waals surface area contributed by atoms with Crippen LogP contribution in [0.5, 0.6) is 11.5 Å². The molecule has 0 atom stereocenters. The van der Waals surface area contributed by atoms with Crippen LogP contribution in [-0.4, -0.2) is 5.91 Å². The van der Waals surface area contributed by atoms with Crippen molar-refractivity contribution in [3.05, 3.63) is 60.2 Å². The molecule has 0 bridgehead atoms. The fourth-order valence-corrected chi connectivity index (χ4v) is 1.93. The maximum Gasteiger partial charge on any atom is 0.225 e. The highest BCUT2D eigenvalue weighted by Crippen LogP contribution is 2.22. The monoisotopic (exact) mass is 297 g/mol. The van der Waals surface area contributed by atoms with Gasteiger partial charge in [-0.3, -0.25) is 4.79 Å². The predicted octanol–water partition coefficient (Wildman–Crippen LogP) is 4.53. The lowest BCUT2D eigenvalue weighted by Crippen LogP contribution is -2.35. The van der Waals surface area contributed by atoms with Gasteiger partial charge in [-0.15, -0.1) is 0 Å². The van der Waals surface area contributed by atoms with E-state index in [4.69, 9.17) is 4.74 Å². The summed E-state index contributed by atoms with van der Waals surface area (Å²) in [7, 11) is 0. The van der Waals surface area contributed by atoms with Crippen LogP contribution in [0.15, 0.2) is 54.6 Å². The Morgan fingerprint density at radius 3 is 2.41 bits per heavy atom. The zero-order chi connectivity index (χ0) is 16.0. The highest BCUT2D eigenvalue weighted by Gasteiger charge is 2.24. The van der Waals surface area contributed by atoms with E-state index in [1.807, 2.05) is 75.4 Å². The lowest BCUT2D eigenvalue weighted by atomic mass is 9.89. The Bertz CT molecular complexity index is 620. The van der Waals surface area contributed by atoms with Crippen LogP contribution in [0.25, 0.3) is 0 Å². The van der Waals surface area contributed by atoms with E-state index in [0.717, 1.165) is 23.5 Å². The lowest BCUT2D eigenvalue weighted by molar-refractivity contribution is -0.129. The van der Waals surface area contributed by atoms with Crippen molar-refractivity contribution in [1.82, 2.24) is 5.32 Å². The normalized spacial score (nSPS) is 11.0. The summed E-state index contributed by atoms with van der Waals surface area (Å²) in [6, 6.07) is 17.4. The minimum absolute atomic E-state index is 0.0735. The number of nitrogens with one attached hydrogen (secondary N) is 1. The van der Waals surface area contributed by atoms with E-state index in [1.165, 1.54) is 0 Å². The van der Waals surface area contributed by atoms with Gasteiger partial charge in [0.2, 0.25) is 5.91 Å². The minimum atomic E-state index is -0.335. The van der Waals surface area contributed by atoms with Gasteiger partial charge in [0.25, 0.3) is 0 Å². The molecule has 1 N–H and O–H groups in total. The van der Waals surface area contributed by atoms with E-state index in [-0.39, 0.29) is 11.3 Å². The third-order valence-corrected chi connectivity index (χ3v) is 3.83. The molecule has 0 heterocycles. The number of carbonyl (C=O) groups excluding carboxylic acids is 1. The topological polar surface area (TPSA) is 38.3 Å². The van der Waals surface area contributed by atoms with Gasteiger partial charge in [-0.05, 0) is 36.2 Å². The Morgan fingerprint density at radius 1 is 1.05 bits per heavy atom. The standard InChI is InChI=1S/C19H23NO2/c1-4-19(2,3)18(21)20-14-15-9-8-12-17(13-15)22-16-10-6-5-7-11-16/h5-13H,4,14H2,1-3H3,(H,20,21). The van der Waals surface area contributed by atoms with Crippen molar-refractivity contribution >= 4 is 5.91 Å². The molecule has 116 valence electrons. The fourth-order valence-electron chi connectivity index (χ4n) is 1.93. The second-order valence-electron chi connectivity index (χ2n) is 5.98. The number of benzene rings is 2. The van der Waals surface area contributed by atoms with Crippen LogP contribution in [0, 0.1) is 5.41 Å². The van der Waals surface area contributed by atoms with E-state index in [0.29, 0.717) is 6.54 Å². The first-order valence-corrected chi connectivity index (χ1v) is 7.61. The van der Waals surface area contributed by atoms with E-state index < -0.39 is 0 Å². The third-order valence-electron chi connectivity index (χ3n) is 3.83. The molecule has 3 heteroatoms. The number of hydrogen-bond donors (Lipinski definition) is 1. The number of hydrogen-bond acceptors (Lipinski definition) is 2. The van der Waals surface area contributed by atoms with Crippen LogP contribution in [0.3, 0.4) is 0 Å². The second-order valence-corrected chi connectivity index (χ2v) is 5.98. The van der Waals surface area contributed by atoms with Crippen molar-refractivity contribution in [2.24, 2.45) is 5.41 Å². The zero-order valence-electron chi connectivity index (χ0n) is 13.4. The largest absolute Gasteiger partial charge is 0.457 e. The van der Waals surface area contributed by atoms with Gasteiger partial charge < -0.3 is 10.1 Å². The van der Waals surface area contributed by atoms with E-state index >= 15 is 0 Å². The molecule has 0 saturated carbocycles. The summed E-state index contributed by atoms with van der Waals surface area (Å²) in [5, 5.41) is 2.99. The lowest BCUT2D eigenvalue weighted by Gasteiger charge is -2.21. The van der Waals surface area contributed by atoms with Crippen molar-refractivity contribution in [1.29, 1.82) is 0 Å². The molecule has 0 aliphatic carbocycles. The summed E-state index contributed by atoms with van der Waals surface area (Å²) in [5.74, 6) is 1.65. The van der Waals surface area contributed by atoms with Crippen molar-refractivity contribution in [3.63, 3.8) is 0 Å². The second kappa shape index (κ2) is 7.12. The molecule has 0 fully saturated rings. The number of ether oxygens (including phenoxy) is 1. The molecular formula is C19H23NO2. The van der Waals surface area contributed by atoms with Crippen LogP contribution < -0.4 is 10.1 Å². The Balaban J connectivity index is 1.99. The Morgan fingerprint density at radius 2 is 1.73 bits per heavy atom. The minimum Gasteiger partial charge on any atom is -0.457 e. The summed E-state index contributed by atoms with van der Waals surface area (Å²) in [6.45, 7) is 6.44. The molecule has 0 radical (unpaired) electrons. The van der Waals surface area contributed by atoms with Crippen LogP contribution in [0.2, 0.25) is 0 Å². The molecule has 0 saturated heterocycles. The molecule has 0 unspecified atom stereocenters. The number of carbonyl (C=O) groups is 1. The molecule has 2 rings (SSSR count). The maximum absolute atomic E-state index is 12.1. The van der Waals surface area contributed by atoms with Crippen LogP contribution in [-0.2, 0) is 11.3 Å². The number of amides is 1. The van der Waals surface area contributed by atoms with Crippen molar-refractivity contribution in [2.75, 3.05) is 0 Å². The molecule has 3 nitrogen and oxygen atoms in total. The number of para-hydroxylation sites is 1. The molecule has 1 amide bonds. The van der Waals surface area contributed by atoms with Gasteiger partial charge in [-0.2, -0.15) is 0 Å². The smallest absolute Gasteiger partial charge is 0.225 e. The van der Waals surface area contributed by atoms with Crippen molar-refractivity contribution in [2.45, 2.75) is 33.7 Å². The first kappa shape index (κ1) is 16.1. The van der Waals surface area contributed by atoms with Crippen LogP contribution in [0.1, 0.15) is 32.8 Å². The van der Waals surface area contributed by atoms with E-state index in [9.17, 15) is 4.79 Å². The molecule has 0 aromatic heterocycles. The molecule has 22 heavy (non-hydrogen) atoms. The highest BCUT2D eigenvalue weighted by atomic mass is 16.5. The molecule has 0 aliphatic heterocycles. The Hall–Kier alpha value is -2.29. The van der Waals surface area contributed by atoms with Gasteiger partial charge >= 0.3 is 0 Å². The van der Waals surface area contributed by atoms with Gasteiger partial charge in [-0.1, -0.05) is 51.1 Å². The molecule has 2 aromatic carbocycles. The zero-order valence-corrected chi connectivity index (χ0v) is 13.4. The Labute approximate surface area is 132 Å². The van der Waals surface area contributed by atoms with E-state index in [2.05, 4.69) is 5.32 Å². The first-order valence-electron chi connectivity index (χ1n) is 7.61. The fraction of sp³-hybridized carbons (Fsp3) is 0.316. The molecular weight excluding hydrogens is 274 g/mol. The summed E-state index contributed by atoms with van der Waals surface area (Å²) in [4.78, 5) is 12.1. The average molecular weight is 297 g/mol. The summed E-state index contributed by atoms with van der Waals surface area (Å²) < 4.78 is 5.80. The quantitative estimate of drug-likeness (QED) is 0.850. The third kappa shape index (κ3) is 4.35. The SMILES string of the molecule is CCC(C)(C)C(=O)NCc1cccc(Oc2ccccc2)c1. The maximum atomic E-state index is 12.1. The van der Waals surface area contributed by atoms with Gasteiger partial charge in [0.15, 0.2) is 0 Å².